The van der Waals surface area contributed by atoms with Crippen LogP contribution in [-0.2, 0) is 19.1 Å². The Morgan fingerprint density at radius 3 is 2.42 bits per heavy atom. The summed E-state index contributed by atoms with van der Waals surface area (Å²) < 4.78 is 5.40. The fraction of sp³-hybridized carbons (Fsp3) is 0.586. The van der Waals surface area contributed by atoms with Crippen LogP contribution in [0.5, 0.6) is 0 Å². The molecule has 9 nitrogen and oxygen atoms in total. The first-order valence-electron chi connectivity index (χ1n) is 13.3. The van der Waals surface area contributed by atoms with Gasteiger partial charge in [-0.15, -0.1) is 6.42 Å². The van der Waals surface area contributed by atoms with E-state index < -0.39 is 35.7 Å². The Bertz CT molecular complexity index is 1060. The average molecular weight is 525 g/mol. The Labute approximate surface area is 225 Å². The van der Waals surface area contributed by atoms with E-state index in [9.17, 15) is 19.2 Å². The molecule has 1 aromatic carbocycles. The van der Waals surface area contributed by atoms with Crippen molar-refractivity contribution in [2.24, 2.45) is 5.92 Å². The molecule has 38 heavy (non-hydrogen) atoms. The van der Waals surface area contributed by atoms with Gasteiger partial charge in [0.2, 0.25) is 17.7 Å². The van der Waals surface area contributed by atoms with Gasteiger partial charge in [-0.05, 0) is 51.5 Å². The van der Waals surface area contributed by atoms with E-state index in [1.165, 1.54) is 0 Å². The van der Waals surface area contributed by atoms with E-state index >= 15 is 0 Å². The van der Waals surface area contributed by atoms with Crippen molar-refractivity contribution in [3.8, 4) is 12.3 Å². The van der Waals surface area contributed by atoms with E-state index in [-0.39, 0.29) is 30.3 Å². The molecule has 4 atom stereocenters. The lowest BCUT2D eigenvalue weighted by atomic mass is 10.0. The molecule has 0 unspecified atom stereocenters. The Morgan fingerprint density at radius 2 is 1.82 bits per heavy atom. The molecule has 4 amide bonds. The Morgan fingerprint density at radius 1 is 1.13 bits per heavy atom. The van der Waals surface area contributed by atoms with Crippen LogP contribution in [0.1, 0.15) is 71.9 Å². The van der Waals surface area contributed by atoms with Gasteiger partial charge in [0.25, 0.3) is 0 Å². The second kappa shape index (κ2) is 12.3. The molecule has 2 aliphatic rings. The molecule has 2 N–H and O–H groups in total. The van der Waals surface area contributed by atoms with Gasteiger partial charge in [0.1, 0.15) is 23.7 Å². The highest BCUT2D eigenvalue weighted by atomic mass is 16.6. The molecule has 0 radical (unpaired) electrons. The van der Waals surface area contributed by atoms with Crippen LogP contribution in [0.2, 0.25) is 0 Å². The summed E-state index contributed by atoms with van der Waals surface area (Å²) in [4.78, 5) is 56.2. The molecule has 1 aromatic rings. The van der Waals surface area contributed by atoms with Crippen molar-refractivity contribution >= 4 is 23.8 Å². The summed E-state index contributed by atoms with van der Waals surface area (Å²) in [6, 6.07) is 6.59. The van der Waals surface area contributed by atoms with Crippen molar-refractivity contribution < 1.29 is 23.9 Å². The first-order valence-corrected chi connectivity index (χ1v) is 13.3. The maximum Gasteiger partial charge on any atom is 0.408 e. The smallest absolute Gasteiger partial charge is 0.408 e. The van der Waals surface area contributed by atoms with Crippen molar-refractivity contribution in [3.05, 3.63) is 35.9 Å². The fourth-order valence-corrected chi connectivity index (χ4v) is 5.00. The van der Waals surface area contributed by atoms with Gasteiger partial charge in [-0.25, -0.2) is 4.79 Å². The minimum Gasteiger partial charge on any atom is -0.444 e. The summed E-state index contributed by atoms with van der Waals surface area (Å²) >= 11 is 0. The molecule has 2 saturated heterocycles. The van der Waals surface area contributed by atoms with Crippen molar-refractivity contribution in [1.29, 1.82) is 0 Å². The van der Waals surface area contributed by atoms with Gasteiger partial charge in [0.05, 0.1) is 6.54 Å². The predicted molar refractivity (Wildman–Crippen MR) is 144 cm³/mol. The zero-order valence-electron chi connectivity index (χ0n) is 23.0. The van der Waals surface area contributed by atoms with E-state index in [0.717, 1.165) is 5.56 Å². The standard InChI is InChI=1S/C29H40N4O5/c1-7-22(20-11-9-8-10-12-20)30-26(35)24-14-13-21-15-16-32(25(34)17-19(2)3)18-23(27(36)33(21)24)31-28(37)38-29(4,5)6/h1,8-12,19,21-24H,13-18H2,2-6H3,(H,30,35)(H,31,37)/t21-,22-,23+,24+/m1/s1. The van der Waals surface area contributed by atoms with Gasteiger partial charge in [-0.2, -0.15) is 0 Å². The number of nitrogens with zero attached hydrogens (tertiary/aromatic N) is 2. The number of rotatable bonds is 6. The van der Waals surface area contributed by atoms with E-state index in [1.54, 1.807) is 30.6 Å². The summed E-state index contributed by atoms with van der Waals surface area (Å²) in [7, 11) is 0. The summed E-state index contributed by atoms with van der Waals surface area (Å²) in [6.45, 7) is 9.56. The third kappa shape index (κ3) is 7.50. The minimum atomic E-state index is -1.05. The number of carbonyl (C=O) groups is 4. The molecule has 3 rings (SSSR count). The lowest BCUT2D eigenvalue weighted by Crippen LogP contribution is -2.61. The predicted octanol–water partition coefficient (Wildman–Crippen LogP) is 3.01. The summed E-state index contributed by atoms with van der Waals surface area (Å²) in [5, 5.41) is 5.58. The van der Waals surface area contributed by atoms with Crippen LogP contribution < -0.4 is 10.6 Å². The third-order valence-corrected chi connectivity index (χ3v) is 6.71. The number of nitrogens with one attached hydrogen (secondary N) is 2. The van der Waals surface area contributed by atoms with Crippen LogP contribution in [0.15, 0.2) is 30.3 Å². The van der Waals surface area contributed by atoms with Gasteiger partial charge in [0.15, 0.2) is 0 Å². The number of carbonyl (C=O) groups excluding carboxylic acids is 4. The SMILES string of the molecule is C#C[C@@H](NC(=O)[C@@H]1CC[C@@H]2CCN(C(=O)CC(C)C)C[C@H](NC(=O)OC(C)(C)C)C(=O)N21)c1ccccc1. The fourth-order valence-electron chi connectivity index (χ4n) is 5.00. The van der Waals surface area contributed by atoms with Crippen LogP contribution in [0, 0.1) is 18.3 Å². The number of hydrogen-bond donors (Lipinski definition) is 2. The summed E-state index contributed by atoms with van der Waals surface area (Å²) in [5.74, 6) is 1.97. The lowest BCUT2D eigenvalue weighted by Gasteiger charge is -2.39. The van der Waals surface area contributed by atoms with E-state index in [1.807, 2.05) is 44.2 Å². The van der Waals surface area contributed by atoms with Crippen molar-refractivity contribution in [1.82, 2.24) is 20.4 Å². The normalized spacial score (nSPS) is 22.6. The van der Waals surface area contributed by atoms with E-state index in [2.05, 4.69) is 16.6 Å². The minimum absolute atomic E-state index is 0.0121. The number of benzene rings is 1. The van der Waals surface area contributed by atoms with Crippen LogP contribution in [0.3, 0.4) is 0 Å². The molecule has 2 heterocycles. The molecule has 0 aromatic heterocycles. The zero-order chi connectivity index (χ0) is 28.0. The molecular formula is C29H40N4O5. The quantitative estimate of drug-likeness (QED) is 0.557. The van der Waals surface area contributed by atoms with Gasteiger partial charge in [-0.1, -0.05) is 50.1 Å². The summed E-state index contributed by atoms with van der Waals surface area (Å²) in [6.07, 6.45) is 6.94. The second-order valence-corrected chi connectivity index (χ2v) is 11.4. The van der Waals surface area contributed by atoms with E-state index in [0.29, 0.717) is 32.2 Å². The highest BCUT2D eigenvalue weighted by Crippen LogP contribution is 2.30. The zero-order valence-corrected chi connectivity index (χ0v) is 23.0. The monoisotopic (exact) mass is 524 g/mol. The highest BCUT2D eigenvalue weighted by Gasteiger charge is 2.46. The topological polar surface area (TPSA) is 108 Å². The van der Waals surface area contributed by atoms with Crippen molar-refractivity contribution in [3.63, 3.8) is 0 Å². The van der Waals surface area contributed by atoms with Crippen LogP contribution in [0.25, 0.3) is 0 Å². The van der Waals surface area contributed by atoms with Gasteiger partial charge >= 0.3 is 6.09 Å². The number of terminal acetylenes is 1. The maximum atomic E-state index is 13.9. The van der Waals surface area contributed by atoms with Gasteiger partial charge < -0.3 is 25.2 Å². The molecule has 2 aliphatic heterocycles. The van der Waals surface area contributed by atoms with Crippen LogP contribution >= 0.6 is 0 Å². The van der Waals surface area contributed by atoms with Crippen molar-refractivity contribution in [2.75, 3.05) is 13.1 Å². The summed E-state index contributed by atoms with van der Waals surface area (Å²) in [5.41, 5.74) is 0.0167. The number of amides is 4. The van der Waals surface area contributed by atoms with Gasteiger partial charge in [-0.3, -0.25) is 14.4 Å². The molecule has 0 bridgehead atoms. The molecule has 0 spiro atoms. The Kier molecular flexibility index (Phi) is 9.42. The number of ether oxygens (including phenoxy) is 1. The second-order valence-electron chi connectivity index (χ2n) is 11.4. The maximum absolute atomic E-state index is 13.9. The first-order chi connectivity index (χ1) is 17.9. The molecule has 9 heteroatoms. The average Bonchev–Trinajstić information content (AvgIpc) is 3.25. The molecule has 2 fully saturated rings. The third-order valence-electron chi connectivity index (χ3n) is 6.71. The van der Waals surface area contributed by atoms with E-state index in [4.69, 9.17) is 11.2 Å². The first kappa shape index (κ1) is 29.0. The van der Waals surface area contributed by atoms with Crippen LogP contribution in [-0.4, -0.2) is 70.4 Å². The molecule has 0 saturated carbocycles. The van der Waals surface area contributed by atoms with Crippen LogP contribution in [0.4, 0.5) is 4.79 Å². The largest absolute Gasteiger partial charge is 0.444 e. The lowest BCUT2D eigenvalue weighted by molar-refractivity contribution is -0.145. The number of hydrogen-bond acceptors (Lipinski definition) is 5. The highest BCUT2D eigenvalue weighted by molar-refractivity contribution is 5.93. The van der Waals surface area contributed by atoms with Crippen molar-refractivity contribution in [2.45, 2.75) is 90.1 Å². The molecular weight excluding hydrogens is 484 g/mol. The molecule has 206 valence electrons. The Balaban J connectivity index is 1.84. The molecule has 0 aliphatic carbocycles. The number of fused-ring (bicyclic) bond motifs is 1. The van der Waals surface area contributed by atoms with Gasteiger partial charge in [0, 0.05) is 19.0 Å². The number of alkyl carbamates (subject to hydrolysis) is 1. The Hall–Kier alpha value is -3.54.